The SMILES string of the molecule is CCCC1CCCC(O)(C2=COCCC2)CC1. The van der Waals surface area contributed by atoms with E-state index in [4.69, 9.17) is 4.74 Å². The number of aliphatic hydroxyl groups is 1. The first kappa shape index (κ1) is 12.9. The molecule has 2 nitrogen and oxygen atoms in total. The maximum Gasteiger partial charge on any atom is 0.0889 e. The number of rotatable bonds is 3. The van der Waals surface area contributed by atoms with Gasteiger partial charge in [-0.1, -0.05) is 26.2 Å². The zero-order chi connectivity index (χ0) is 12.1. The Morgan fingerprint density at radius 1 is 1.35 bits per heavy atom. The van der Waals surface area contributed by atoms with E-state index >= 15 is 0 Å². The zero-order valence-electron chi connectivity index (χ0n) is 11.1. The normalized spacial score (nSPS) is 34.7. The van der Waals surface area contributed by atoms with E-state index in [-0.39, 0.29) is 0 Å². The molecule has 2 unspecified atom stereocenters. The van der Waals surface area contributed by atoms with Gasteiger partial charge >= 0.3 is 0 Å². The van der Waals surface area contributed by atoms with E-state index < -0.39 is 5.60 Å². The molecule has 0 aromatic heterocycles. The summed E-state index contributed by atoms with van der Waals surface area (Å²) in [7, 11) is 0. The van der Waals surface area contributed by atoms with Crippen molar-refractivity contribution in [1.29, 1.82) is 0 Å². The smallest absolute Gasteiger partial charge is 0.0889 e. The van der Waals surface area contributed by atoms with Crippen LogP contribution in [-0.4, -0.2) is 17.3 Å². The largest absolute Gasteiger partial charge is 0.501 e. The van der Waals surface area contributed by atoms with Crippen LogP contribution < -0.4 is 0 Å². The Bertz CT molecular complexity index is 272. The van der Waals surface area contributed by atoms with Crippen LogP contribution in [-0.2, 0) is 4.74 Å². The summed E-state index contributed by atoms with van der Waals surface area (Å²) in [6, 6.07) is 0. The molecule has 17 heavy (non-hydrogen) atoms. The van der Waals surface area contributed by atoms with Gasteiger partial charge in [-0.05, 0) is 50.0 Å². The fraction of sp³-hybridized carbons (Fsp3) is 0.867. The van der Waals surface area contributed by atoms with E-state index in [1.54, 1.807) is 0 Å². The Kier molecular flexibility index (Phi) is 4.49. The molecule has 2 aliphatic rings. The number of ether oxygens (including phenoxy) is 1. The lowest BCUT2D eigenvalue weighted by Gasteiger charge is -2.31. The van der Waals surface area contributed by atoms with Crippen molar-refractivity contribution in [3.63, 3.8) is 0 Å². The third-order valence-corrected chi connectivity index (χ3v) is 4.40. The van der Waals surface area contributed by atoms with E-state index in [0.717, 1.165) is 43.8 Å². The Balaban J connectivity index is 1.98. The van der Waals surface area contributed by atoms with Crippen LogP contribution in [0.15, 0.2) is 11.8 Å². The first-order valence-electron chi connectivity index (χ1n) is 7.28. The summed E-state index contributed by atoms with van der Waals surface area (Å²) in [5, 5.41) is 10.8. The highest BCUT2D eigenvalue weighted by Gasteiger charge is 2.34. The quantitative estimate of drug-likeness (QED) is 0.758. The van der Waals surface area contributed by atoms with Crippen LogP contribution in [0.5, 0.6) is 0 Å². The van der Waals surface area contributed by atoms with E-state index in [1.807, 2.05) is 6.26 Å². The third kappa shape index (κ3) is 3.25. The van der Waals surface area contributed by atoms with Gasteiger partial charge < -0.3 is 9.84 Å². The number of hydrogen-bond donors (Lipinski definition) is 1. The maximum atomic E-state index is 10.8. The number of hydrogen-bond acceptors (Lipinski definition) is 2. The van der Waals surface area contributed by atoms with Crippen molar-refractivity contribution in [1.82, 2.24) is 0 Å². The van der Waals surface area contributed by atoms with E-state index in [1.165, 1.54) is 32.1 Å². The molecule has 2 atom stereocenters. The highest BCUT2D eigenvalue weighted by Crippen LogP contribution is 2.39. The standard InChI is InChI=1S/C15H26O2/c1-2-5-13-6-3-9-15(16,10-8-13)14-7-4-11-17-12-14/h12-13,16H,2-11H2,1H3. The molecule has 0 aromatic rings. The molecule has 1 aliphatic carbocycles. The highest BCUT2D eigenvalue weighted by molar-refractivity contribution is 5.16. The summed E-state index contributed by atoms with van der Waals surface area (Å²) < 4.78 is 5.39. The molecule has 1 fully saturated rings. The average Bonchev–Trinajstić information content (AvgIpc) is 2.55. The van der Waals surface area contributed by atoms with Crippen LogP contribution >= 0.6 is 0 Å². The van der Waals surface area contributed by atoms with Crippen molar-refractivity contribution in [3.05, 3.63) is 11.8 Å². The van der Waals surface area contributed by atoms with Gasteiger partial charge in [0.05, 0.1) is 18.5 Å². The maximum absolute atomic E-state index is 10.8. The Hall–Kier alpha value is -0.500. The highest BCUT2D eigenvalue weighted by atomic mass is 16.5. The molecule has 0 radical (unpaired) electrons. The molecule has 1 aliphatic heterocycles. The van der Waals surface area contributed by atoms with Crippen LogP contribution in [0, 0.1) is 5.92 Å². The van der Waals surface area contributed by atoms with Gasteiger partial charge in [-0.3, -0.25) is 0 Å². The summed E-state index contributed by atoms with van der Waals surface area (Å²) in [5.41, 5.74) is 0.601. The van der Waals surface area contributed by atoms with Gasteiger partial charge in [-0.2, -0.15) is 0 Å². The van der Waals surface area contributed by atoms with Gasteiger partial charge in [0.25, 0.3) is 0 Å². The van der Waals surface area contributed by atoms with Crippen LogP contribution in [0.25, 0.3) is 0 Å². The minimum Gasteiger partial charge on any atom is -0.501 e. The summed E-state index contributed by atoms with van der Waals surface area (Å²) in [6.07, 6.45) is 12.0. The molecule has 2 heteroatoms. The van der Waals surface area contributed by atoms with E-state index in [9.17, 15) is 5.11 Å². The minimum absolute atomic E-state index is 0.553. The predicted octanol–water partition coefficient (Wildman–Crippen LogP) is 3.79. The van der Waals surface area contributed by atoms with Crippen LogP contribution in [0.1, 0.15) is 64.7 Å². The summed E-state index contributed by atoms with van der Waals surface area (Å²) in [5.74, 6) is 0.833. The lowest BCUT2D eigenvalue weighted by atomic mass is 9.83. The molecule has 1 heterocycles. The van der Waals surface area contributed by atoms with Crippen LogP contribution in [0.4, 0.5) is 0 Å². The predicted molar refractivity (Wildman–Crippen MR) is 69.7 cm³/mol. The fourth-order valence-corrected chi connectivity index (χ4v) is 3.32. The summed E-state index contributed by atoms with van der Waals surface area (Å²) in [4.78, 5) is 0. The van der Waals surface area contributed by atoms with Gasteiger partial charge in [-0.15, -0.1) is 0 Å². The van der Waals surface area contributed by atoms with E-state index in [2.05, 4.69) is 6.92 Å². The molecular weight excluding hydrogens is 212 g/mol. The molecule has 98 valence electrons. The van der Waals surface area contributed by atoms with Gasteiger partial charge in [0.1, 0.15) is 0 Å². The van der Waals surface area contributed by atoms with Gasteiger partial charge in [0.15, 0.2) is 0 Å². The lowest BCUT2D eigenvalue weighted by Crippen LogP contribution is -2.32. The van der Waals surface area contributed by atoms with Crippen molar-refractivity contribution in [2.45, 2.75) is 70.3 Å². The van der Waals surface area contributed by atoms with Gasteiger partial charge in [-0.25, -0.2) is 0 Å². The average molecular weight is 238 g/mol. The molecule has 0 saturated heterocycles. The van der Waals surface area contributed by atoms with E-state index in [0.29, 0.717) is 0 Å². The summed E-state index contributed by atoms with van der Waals surface area (Å²) >= 11 is 0. The zero-order valence-corrected chi connectivity index (χ0v) is 11.1. The second-order valence-electron chi connectivity index (χ2n) is 5.73. The summed E-state index contributed by atoms with van der Waals surface area (Å²) in [6.45, 7) is 3.08. The van der Waals surface area contributed by atoms with Crippen LogP contribution in [0.2, 0.25) is 0 Å². The molecule has 0 spiro atoms. The second kappa shape index (κ2) is 5.90. The van der Waals surface area contributed by atoms with Crippen molar-refractivity contribution in [2.24, 2.45) is 5.92 Å². The molecule has 0 bridgehead atoms. The second-order valence-corrected chi connectivity index (χ2v) is 5.73. The molecular formula is C15H26O2. The van der Waals surface area contributed by atoms with Crippen molar-refractivity contribution >= 4 is 0 Å². The Morgan fingerprint density at radius 2 is 2.24 bits per heavy atom. The van der Waals surface area contributed by atoms with Crippen molar-refractivity contribution in [2.75, 3.05) is 6.61 Å². The monoisotopic (exact) mass is 238 g/mol. The molecule has 1 N–H and O–H groups in total. The molecule has 2 rings (SSSR count). The van der Waals surface area contributed by atoms with Crippen molar-refractivity contribution < 1.29 is 9.84 Å². The Morgan fingerprint density at radius 3 is 2.94 bits per heavy atom. The van der Waals surface area contributed by atoms with Crippen molar-refractivity contribution in [3.8, 4) is 0 Å². The molecule has 0 aromatic carbocycles. The lowest BCUT2D eigenvalue weighted by molar-refractivity contribution is 0.0466. The fourth-order valence-electron chi connectivity index (χ4n) is 3.32. The first-order chi connectivity index (χ1) is 8.24. The minimum atomic E-state index is -0.553. The van der Waals surface area contributed by atoms with Gasteiger partial charge in [0.2, 0.25) is 0 Å². The van der Waals surface area contributed by atoms with Crippen LogP contribution in [0.3, 0.4) is 0 Å². The topological polar surface area (TPSA) is 29.5 Å². The third-order valence-electron chi connectivity index (χ3n) is 4.40. The Labute approximate surface area is 105 Å². The van der Waals surface area contributed by atoms with Gasteiger partial charge in [0, 0.05) is 0 Å². The first-order valence-corrected chi connectivity index (χ1v) is 7.28. The molecule has 1 saturated carbocycles. The molecule has 0 amide bonds.